The van der Waals surface area contributed by atoms with Crippen LogP contribution in [0.3, 0.4) is 0 Å². The highest BCUT2D eigenvalue weighted by Crippen LogP contribution is 2.17. The van der Waals surface area contributed by atoms with Gasteiger partial charge in [-0.1, -0.05) is 13.3 Å². The first kappa shape index (κ1) is 15.3. The average molecular weight is 274 g/mol. The summed E-state index contributed by atoms with van der Waals surface area (Å²) >= 11 is 0. The molecule has 0 radical (unpaired) electrons. The lowest BCUT2D eigenvalue weighted by molar-refractivity contribution is -0.121. The summed E-state index contributed by atoms with van der Waals surface area (Å²) < 4.78 is 38.7. The van der Waals surface area contributed by atoms with Crippen LogP contribution >= 0.6 is 0 Å². The molecule has 0 saturated carbocycles. The number of benzene rings is 1. The number of amides is 1. The number of unbranched alkanes of at least 4 members (excludes halogenated alkanes) is 1. The molecule has 1 aromatic carbocycles. The quantitative estimate of drug-likeness (QED) is 0.618. The number of halogens is 3. The molecule has 0 aliphatic carbocycles. The molecule has 1 unspecified atom stereocenters. The van der Waals surface area contributed by atoms with Crippen molar-refractivity contribution in [2.45, 2.75) is 32.7 Å². The Morgan fingerprint density at radius 1 is 1.26 bits per heavy atom. The van der Waals surface area contributed by atoms with Gasteiger partial charge < -0.3 is 10.6 Å². The van der Waals surface area contributed by atoms with E-state index >= 15 is 0 Å². The standard InChI is InChI=1S/C13H17F3N2O/c1-3-4-5-17-13(19)8(2)18-9-6-10(14)12(16)11(15)7-9/h6-8,18H,3-5H2,1-2H3,(H,17,19). The average Bonchev–Trinajstić information content (AvgIpc) is 2.36. The minimum Gasteiger partial charge on any atom is -0.374 e. The predicted molar refractivity (Wildman–Crippen MR) is 67.3 cm³/mol. The van der Waals surface area contributed by atoms with Crippen molar-refractivity contribution in [3.63, 3.8) is 0 Å². The number of rotatable bonds is 6. The molecule has 1 rings (SSSR count). The Morgan fingerprint density at radius 2 is 1.84 bits per heavy atom. The maximum atomic E-state index is 13.0. The minimum absolute atomic E-state index is 0.0227. The number of carbonyl (C=O) groups excluding carboxylic acids is 1. The Morgan fingerprint density at radius 3 is 2.37 bits per heavy atom. The zero-order chi connectivity index (χ0) is 14.4. The molecular formula is C13H17F3N2O. The van der Waals surface area contributed by atoms with Gasteiger partial charge in [-0.25, -0.2) is 13.2 Å². The van der Waals surface area contributed by atoms with Crippen molar-refractivity contribution in [1.82, 2.24) is 5.32 Å². The van der Waals surface area contributed by atoms with E-state index in [1.807, 2.05) is 6.92 Å². The summed E-state index contributed by atoms with van der Waals surface area (Å²) in [6, 6.07) is 0.962. The van der Waals surface area contributed by atoms with Gasteiger partial charge in [0.2, 0.25) is 5.91 Å². The summed E-state index contributed by atoms with van der Waals surface area (Å²) in [4.78, 5) is 11.6. The van der Waals surface area contributed by atoms with Gasteiger partial charge in [0.1, 0.15) is 6.04 Å². The van der Waals surface area contributed by atoms with Crippen LogP contribution in [-0.4, -0.2) is 18.5 Å². The van der Waals surface area contributed by atoms with E-state index < -0.39 is 23.5 Å². The molecule has 0 heterocycles. The predicted octanol–water partition coefficient (Wildman–Crippen LogP) is 2.82. The second-order valence-electron chi connectivity index (χ2n) is 4.26. The van der Waals surface area contributed by atoms with E-state index in [1.54, 1.807) is 6.92 Å². The van der Waals surface area contributed by atoms with Crippen molar-refractivity contribution >= 4 is 11.6 Å². The molecule has 2 N–H and O–H groups in total. The normalized spacial score (nSPS) is 12.1. The molecule has 0 bridgehead atoms. The van der Waals surface area contributed by atoms with Gasteiger partial charge in [0.15, 0.2) is 17.5 Å². The fraction of sp³-hybridized carbons (Fsp3) is 0.462. The summed E-state index contributed by atoms with van der Waals surface area (Å²) in [5.41, 5.74) is 0.0227. The molecule has 6 heteroatoms. The molecule has 106 valence electrons. The van der Waals surface area contributed by atoms with Crippen LogP contribution in [0.1, 0.15) is 26.7 Å². The van der Waals surface area contributed by atoms with E-state index in [0.29, 0.717) is 6.54 Å². The summed E-state index contributed by atoms with van der Waals surface area (Å²) in [5.74, 6) is -4.38. The van der Waals surface area contributed by atoms with Crippen LogP contribution in [0.2, 0.25) is 0 Å². The molecule has 3 nitrogen and oxygen atoms in total. The Labute approximate surface area is 110 Å². The lowest BCUT2D eigenvalue weighted by Gasteiger charge is -2.15. The summed E-state index contributed by atoms with van der Waals surface area (Å²) in [7, 11) is 0. The lowest BCUT2D eigenvalue weighted by atomic mass is 10.2. The van der Waals surface area contributed by atoms with Crippen molar-refractivity contribution in [3.8, 4) is 0 Å². The Kier molecular flexibility index (Phi) is 5.66. The topological polar surface area (TPSA) is 41.1 Å². The number of hydrogen-bond donors (Lipinski definition) is 2. The van der Waals surface area contributed by atoms with E-state index in [2.05, 4.69) is 10.6 Å². The van der Waals surface area contributed by atoms with Crippen molar-refractivity contribution < 1.29 is 18.0 Å². The highest BCUT2D eigenvalue weighted by molar-refractivity contribution is 5.84. The van der Waals surface area contributed by atoms with E-state index in [4.69, 9.17) is 0 Å². The molecule has 0 saturated heterocycles. The van der Waals surface area contributed by atoms with E-state index in [9.17, 15) is 18.0 Å². The zero-order valence-electron chi connectivity index (χ0n) is 10.9. The first-order valence-corrected chi connectivity index (χ1v) is 6.14. The van der Waals surface area contributed by atoms with Crippen LogP contribution in [0.15, 0.2) is 12.1 Å². The first-order chi connectivity index (χ1) is 8.95. The van der Waals surface area contributed by atoms with Crippen molar-refractivity contribution in [2.75, 3.05) is 11.9 Å². The second kappa shape index (κ2) is 7.01. The third kappa shape index (κ3) is 4.46. The smallest absolute Gasteiger partial charge is 0.242 e. The van der Waals surface area contributed by atoms with Gasteiger partial charge in [0, 0.05) is 24.4 Å². The summed E-state index contributed by atoms with van der Waals surface area (Å²) in [6.07, 6.45) is 1.81. The highest BCUT2D eigenvalue weighted by Gasteiger charge is 2.15. The molecule has 19 heavy (non-hydrogen) atoms. The summed E-state index contributed by atoms with van der Waals surface area (Å²) in [5, 5.41) is 5.30. The monoisotopic (exact) mass is 274 g/mol. The maximum absolute atomic E-state index is 13.0. The van der Waals surface area contributed by atoms with Gasteiger partial charge >= 0.3 is 0 Å². The van der Waals surface area contributed by atoms with Crippen LogP contribution in [0.5, 0.6) is 0 Å². The molecule has 0 aromatic heterocycles. The van der Waals surface area contributed by atoms with E-state index in [-0.39, 0.29) is 11.6 Å². The Hall–Kier alpha value is -1.72. The molecule has 1 amide bonds. The van der Waals surface area contributed by atoms with Crippen LogP contribution < -0.4 is 10.6 Å². The molecule has 0 aliphatic rings. The van der Waals surface area contributed by atoms with E-state index in [0.717, 1.165) is 25.0 Å². The molecule has 1 atom stereocenters. The van der Waals surface area contributed by atoms with Crippen LogP contribution in [0.25, 0.3) is 0 Å². The lowest BCUT2D eigenvalue weighted by Crippen LogP contribution is -2.38. The second-order valence-corrected chi connectivity index (χ2v) is 4.26. The van der Waals surface area contributed by atoms with Gasteiger partial charge in [-0.2, -0.15) is 0 Å². The van der Waals surface area contributed by atoms with Crippen molar-refractivity contribution in [3.05, 3.63) is 29.6 Å². The number of nitrogens with one attached hydrogen (secondary N) is 2. The molecular weight excluding hydrogens is 257 g/mol. The van der Waals surface area contributed by atoms with Gasteiger partial charge in [0.05, 0.1) is 0 Å². The van der Waals surface area contributed by atoms with Crippen LogP contribution in [-0.2, 0) is 4.79 Å². The SMILES string of the molecule is CCCCNC(=O)C(C)Nc1cc(F)c(F)c(F)c1. The molecule has 0 spiro atoms. The van der Waals surface area contributed by atoms with Crippen molar-refractivity contribution in [1.29, 1.82) is 0 Å². The Bertz CT molecular complexity index is 429. The molecule has 0 aliphatic heterocycles. The number of hydrogen-bond acceptors (Lipinski definition) is 2. The number of carbonyl (C=O) groups is 1. The zero-order valence-corrected chi connectivity index (χ0v) is 10.9. The largest absolute Gasteiger partial charge is 0.374 e. The minimum atomic E-state index is -1.52. The fourth-order valence-electron chi connectivity index (χ4n) is 1.50. The first-order valence-electron chi connectivity index (χ1n) is 6.14. The Balaban J connectivity index is 2.61. The van der Waals surface area contributed by atoms with Gasteiger partial charge in [-0.3, -0.25) is 4.79 Å². The summed E-state index contributed by atoms with van der Waals surface area (Å²) in [6.45, 7) is 4.10. The van der Waals surface area contributed by atoms with Crippen LogP contribution in [0.4, 0.5) is 18.9 Å². The number of anilines is 1. The van der Waals surface area contributed by atoms with Gasteiger partial charge in [-0.05, 0) is 13.3 Å². The molecule has 1 aromatic rings. The maximum Gasteiger partial charge on any atom is 0.242 e. The fourth-order valence-corrected chi connectivity index (χ4v) is 1.50. The third-order valence-corrected chi connectivity index (χ3v) is 2.59. The van der Waals surface area contributed by atoms with Gasteiger partial charge in [-0.15, -0.1) is 0 Å². The van der Waals surface area contributed by atoms with E-state index in [1.165, 1.54) is 0 Å². The van der Waals surface area contributed by atoms with Crippen LogP contribution in [0, 0.1) is 17.5 Å². The third-order valence-electron chi connectivity index (χ3n) is 2.59. The van der Waals surface area contributed by atoms with Gasteiger partial charge in [0.25, 0.3) is 0 Å². The molecule has 0 fully saturated rings. The highest BCUT2D eigenvalue weighted by atomic mass is 19.2. The van der Waals surface area contributed by atoms with Crippen molar-refractivity contribution in [2.24, 2.45) is 0 Å².